The molecule has 1 aliphatic rings. The molecule has 3 nitrogen and oxygen atoms in total. The quantitative estimate of drug-likeness (QED) is 0.765. The first-order valence-corrected chi connectivity index (χ1v) is 5.39. The first-order valence-electron chi connectivity index (χ1n) is 4.40. The number of aliphatic hydroxyl groups excluding tert-OH is 1. The average Bonchev–Trinajstić information content (AvgIpc) is 2.38. The number of hydrogen-bond donors (Lipinski definition) is 1. The molecule has 0 aromatic heterocycles. The molecule has 0 bridgehead atoms. The molecule has 1 heterocycles. The SMILES string of the molecule is COC1Oc2ccccc2SCC1O. The first-order chi connectivity index (χ1) is 6.81. The van der Waals surface area contributed by atoms with E-state index >= 15 is 0 Å². The molecule has 76 valence electrons. The number of thioether (sulfide) groups is 1. The second-order valence-electron chi connectivity index (χ2n) is 3.05. The van der Waals surface area contributed by atoms with Crippen molar-refractivity contribution in [1.82, 2.24) is 0 Å². The number of para-hydroxylation sites is 1. The van der Waals surface area contributed by atoms with Crippen molar-refractivity contribution in [2.45, 2.75) is 17.3 Å². The maximum atomic E-state index is 9.65. The summed E-state index contributed by atoms with van der Waals surface area (Å²) in [7, 11) is 1.53. The van der Waals surface area contributed by atoms with E-state index < -0.39 is 12.4 Å². The van der Waals surface area contributed by atoms with Gasteiger partial charge in [0.05, 0.1) is 0 Å². The Labute approximate surface area is 87.0 Å². The molecule has 0 amide bonds. The molecule has 1 aromatic carbocycles. The average molecular weight is 212 g/mol. The highest BCUT2D eigenvalue weighted by atomic mass is 32.2. The Morgan fingerprint density at radius 3 is 3.07 bits per heavy atom. The molecule has 1 aliphatic heterocycles. The van der Waals surface area contributed by atoms with Gasteiger partial charge in [0.15, 0.2) is 0 Å². The van der Waals surface area contributed by atoms with Gasteiger partial charge >= 0.3 is 0 Å². The Hall–Kier alpha value is -0.710. The predicted molar refractivity (Wildman–Crippen MR) is 54.6 cm³/mol. The van der Waals surface area contributed by atoms with E-state index in [1.807, 2.05) is 24.3 Å². The molecule has 2 unspecified atom stereocenters. The van der Waals surface area contributed by atoms with Crippen molar-refractivity contribution in [1.29, 1.82) is 0 Å². The summed E-state index contributed by atoms with van der Waals surface area (Å²) in [6.07, 6.45) is -1.15. The van der Waals surface area contributed by atoms with E-state index in [4.69, 9.17) is 9.47 Å². The molecule has 0 saturated heterocycles. The van der Waals surface area contributed by atoms with E-state index in [0.29, 0.717) is 5.75 Å². The Bertz CT molecular complexity index is 316. The van der Waals surface area contributed by atoms with Crippen molar-refractivity contribution in [3.63, 3.8) is 0 Å². The molecule has 0 spiro atoms. The summed E-state index contributed by atoms with van der Waals surface area (Å²) >= 11 is 1.58. The summed E-state index contributed by atoms with van der Waals surface area (Å²) in [6.45, 7) is 0. The van der Waals surface area contributed by atoms with E-state index in [9.17, 15) is 5.11 Å². The maximum Gasteiger partial charge on any atom is 0.226 e. The van der Waals surface area contributed by atoms with Crippen LogP contribution in [0.2, 0.25) is 0 Å². The zero-order chi connectivity index (χ0) is 9.97. The Morgan fingerprint density at radius 1 is 1.50 bits per heavy atom. The fourth-order valence-corrected chi connectivity index (χ4v) is 2.27. The fourth-order valence-electron chi connectivity index (χ4n) is 1.33. The van der Waals surface area contributed by atoms with Crippen LogP contribution in [0.1, 0.15) is 0 Å². The van der Waals surface area contributed by atoms with Crippen molar-refractivity contribution in [2.24, 2.45) is 0 Å². The van der Waals surface area contributed by atoms with Gasteiger partial charge in [0.25, 0.3) is 0 Å². The van der Waals surface area contributed by atoms with Gasteiger partial charge in [-0.3, -0.25) is 0 Å². The topological polar surface area (TPSA) is 38.7 Å². The minimum absolute atomic E-state index is 0.564. The second-order valence-corrected chi connectivity index (χ2v) is 4.11. The monoisotopic (exact) mass is 212 g/mol. The van der Waals surface area contributed by atoms with Crippen LogP contribution in [0.25, 0.3) is 0 Å². The summed E-state index contributed by atoms with van der Waals surface area (Å²) in [5.74, 6) is 1.37. The Morgan fingerprint density at radius 2 is 2.29 bits per heavy atom. The molecule has 0 saturated carbocycles. The van der Waals surface area contributed by atoms with E-state index in [2.05, 4.69) is 0 Å². The van der Waals surface area contributed by atoms with E-state index in [-0.39, 0.29) is 0 Å². The zero-order valence-electron chi connectivity index (χ0n) is 7.84. The van der Waals surface area contributed by atoms with E-state index in [1.54, 1.807) is 11.8 Å². The van der Waals surface area contributed by atoms with Gasteiger partial charge in [-0.15, -0.1) is 11.8 Å². The van der Waals surface area contributed by atoms with Gasteiger partial charge in [0, 0.05) is 17.8 Å². The summed E-state index contributed by atoms with van der Waals surface area (Å²) < 4.78 is 10.6. The minimum Gasteiger partial charge on any atom is -0.461 e. The summed E-state index contributed by atoms with van der Waals surface area (Å²) in [4.78, 5) is 1.05. The number of aliphatic hydroxyl groups is 1. The van der Waals surface area contributed by atoms with Gasteiger partial charge in [0.1, 0.15) is 11.9 Å². The predicted octanol–water partition coefficient (Wildman–Crippen LogP) is 1.50. The number of benzene rings is 1. The van der Waals surface area contributed by atoms with Crippen LogP contribution in [-0.2, 0) is 4.74 Å². The highest BCUT2D eigenvalue weighted by Crippen LogP contribution is 2.33. The highest BCUT2D eigenvalue weighted by molar-refractivity contribution is 7.99. The maximum absolute atomic E-state index is 9.65. The molecule has 0 radical (unpaired) electrons. The van der Waals surface area contributed by atoms with Crippen LogP contribution in [0, 0.1) is 0 Å². The van der Waals surface area contributed by atoms with Gasteiger partial charge in [-0.25, -0.2) is 0 Å². The molecular formula is C10H12O3S. The van der Waals surface area contributed by atoms with Crippen molar-refractivity contribution in [3.8, 4) is 5.75 Å². The summed E-state index contributed by atoms with van der Waals surface area (Å²) in [6, 6.07) is 7.72. The highest BCUT2D eigenvalue weighted by Gasteiger charge is 2.25. The number of methoxy groups -OCH3 is 1. The van der Waals surface area contributed by atoms with Crippen LogP contribution in [0.5, 0.6) is 5.75 Å². The van der Waals surface area contributed by atoms with Crippen LogP contribution in [0.15, 0.2) is 29.2 Å². The smallest absolute Gasteiger partial charge is 0.226 e. The van der Waals surface area contributed by atoms with E-state index in [1.165, 1.54) is 7.11 Å². The van der Waals surface area contributed by atoms with Crippen molar-refractivity contribution < 1.29 is 14.6 Å². The largest absolute Gasteiger partial charge is 0.461 e. The zero-order valence-corrected chi connectivity index (χ0v) is 8.66. The minimum atomic E-state index is -0.586. The van der Waals surface area contributed by atoms with Crippen molar-refractivity contribution >= 4 is 11.8 Å². The number of ether oxygens (including phenoxy) is 2. The molecule has 1 N–H and O–H groups in total. The van der Waals surface area contributed by atoms with Crippen LogP contribution < -0.4 is 4.74 Å². The summed E-state index contributed by atoms with van der Waals surface area (Å²) in [5.41, 5.74) is 0. The van der Waals surface area contributed by atoms with Gasteiger partial charge in [-0.05, 0) is 12.1 Å². The lowest BCUT2D eigenvalue weighted by molar-refractivity contribution is -0.118. The van der Waals surface area contributed by atoms with Gasteiger partial charge in [-0.1, -0.05) is 12.1 Å². The normalized spacial score (nSPS) is 26.1. The third kappa shape index (κ3) is 1.87. The lowest BCUT2D eigenvalue weighted by Gasteiger charge is -2.19. The molecule has 0 fully saturated rings. The van der Waals surface area contributed by atoms with Gasteiger partial charge in [-0.2, -0.15) is 0 Å². The van der Waals surface area contributed by atoms with Crippen LogP contribution in [-0.4, -0.2) is 30.4 Å². The van der Waals surface area contributed by atoms with Crippen LogP contribution >= 0.6 is 11.8 Å². The molecular weight excluding hydrogens is 200 g/mol. The Kier molecular flexibility index (Phi) is 2.96. The van der Waals surface area contributed by atoms with Gasteiger partial charge < -0.3 is 14.6 Å². The first kappa shape index (κ1) is 9.83. The lowest BCUT2D eigenvalue weighted by Crippen LogP contribution is -2.34. The molecule has 2 atom stereocenters. The lowest BCUT2D eigenvalue weighted by atomic mass is 10.3. The molecule has 2 rings (SSSR count). The standard InChI is InChI=1S/C10H12O3S/c1-12-10-7(11)6-14-9-5-3-2-4-8(9)13-10/h2-5,7,10-11H,6H2,1H3. The number of hydrogen-bond acceptors (Lipinski definition) is 4. The fraction of sp³-hybridized carbons (Fsp3) is 0.400. The number of fused-ring (bicyclic) bond motifs is 1. The third-order valence-corrected chi connectivity index (χ3v) is 3.20. The molecule has 14 heavy (non-hydrogen) atoms. The van der Waals surface area contributed by atoms with Crippen molar-refractivity contribution in [2.75, 3.05) is 12.9 Å². The third-order valence-electron chi connectivity index (χ3n) is 2.05. The van der Waals surface area contributed by atoms with Crippen molar-refractivity contribution in [3.05, 3.63) is 24.3 Å². The molecule has 4 heteroatoms. The molecule has 0 aliphatic carbocycles. The van der Waals surface area contributed by atoms with Crippen LogP contribution in [0.3, 0.4) is 0 Å². The van der Waals surface area contributed by atoms with Crippen LogP contribution in [0.4, 0.5) is 0 Å². The van der Waals surface area contributed by atoms with E-state index in [0.717, 1.165) is 10.6 Å². The summed E-state index contributed by atoms with van der Waals surface area (Å²) in [5, 5.41) is 9.65. The molecule has 1 aromatic rings. The number of rotatable bonds is 1. The Balaban J connectivity index is 2.26. The van der Waals surface area contributed by atoms with Gasteiger partial charge in [0.2, 0.25) is 6.29 Å². The second kappa shape index (κ2) is 4.21.